The van der Waals surface area contributed by atoms with E-state index in [1.54, 1.807) is 6.92 Å². The van der Waals surface area contributed by atoms with Gasteiger partial charge in [-0.15, -0.1) is 0 Å². The summed E-state index contributed by atoms with van der Waals surface area (Å²) in [5.74, 6) is 1.10. The molecule has 1 fully saturated rings. The van der Waals surface area contributed by atoms with Crippen LogP contribution in [0.15, 0.2) is 72.8 Å². The highest BCUT2D eigenvalue weighted by Crippen LogP contribution is 2.54. The van der Waals surface area contributed by atoms with Crippen molar-refractivity contribution in [3.05, 3.63) is 72.8 Å². The zero-order valence-corrected chi connectivity index (χ0v) is 21.5. The second-order valence-electron chi connectivity index (χ2n) is 11.5. The van der Waals surface area contributed by atoms with Crippen molar-refractivity contribution in [3.63, 3.8) is 0 Å². The van der Waals surface area contributed by atoms with Crippen molar-refractivity contribution in [1.29, 1.82) is 0 Å². The molecule has 0 heterocycles. The molecule has 170 valence electrons. The van der Waals surface area contributed by atoms with Crippen LogP contribution in [-0.2, 0) is 9.22 Å². The fourth-order valence-corrected chi connectivity index (χ4v) is 11.3. The molecule has 0 radical (unpaired) electrons. The Morgan fingerprint density at radius 2 is 1.50 bits per heavy atom. The summed E-state index contributed by atoms with van der Waals surface area (Å²) in [7, 11) is -2.65. The van der Waals surface area contributed by atoms with Crippen molar-refractivity contribution in [1.82, 2.24) is 0 Å². The minimum atomic E-state index is -2.65. The molecule has 4 rings (SSSR count). The molecule has 0 N–H and O–H groups in total. The molecule has 0 unspecified atom stereocenters. The third-order valence-corrected chi connectivity index (χ3v) is 12.9. The highest BCUT2D eigenvalue weighted by molar-refractivity contribution is 6.99. The molecule has 2 aromatic carbocycles. The topological polar surface area (TPSA) is 26.3 Å². The van der Waals surface area contributed by atoms with Crippen molar-refractivity contribution in [2.24, 2.45) is 23.2 Å². The molecule has 0 aliphatic heterocycles. The normalized spacial score (nSPS) is 27.2. The van der Waals surface area contributed by atoms with E-state index in [1.165, 1.54) is 10.4 Å². The first-order valence-electron chi connectivity index (χ1n) is 12.0. The number of hydrogen-bond acceptors (Lipinski definition) is 2. The van der Waals surface area contributed by atoms with E-state index in [9.17, 15) is 4.79 Å². The molecule has 3 heteroatoms. The summed E-state index contributed by atoms with van der Waals surface area (Å²) in [6.07, 6.45) is 6.59. The van der Waals surface area contributed by atoms with Gasteiger partial charge in [-0.1, -0.05) is 107 Å². The Labute approximate surface area is 195 Å². The lowest BCUT2D eigenvalue weighted by Crippen LogP contribution is -2.68. The van der Waals surface area contributed by atoms with Crippen LogP contribution in [0.4, 0.5) is 0 Å². The number of rotatable bonds is 5. The van der Waals surface area contributed by atoms with Gasteiger partial charge in [-0.2, -0.15) is 0 Å². The number of hydrogen-bond donors (Lipinski definition) is 0. The van der Waals surface area contributed by atoms with Gasteiger partial charge in [-0.3, -0.25) is 4.79 Å². The van der Waals surface area contributed by atoms with Gasteiger partial charge in [0.25, 0.3) is 8.32 Å². The van der Waals surface area contributed by atoms with Crippen molar-refractivity contribution in [3.8, 4) is 0 Å². The van der Waals surface area contributed by atoms with Crippen LogP contribution < -0.4 is 10.4 Å². The smallest absolute Gasteiger partial charge is 0.261 e. The lowest BCUT2D eigenvalue weighted by atomic mass is 9.75. The minimum absolute atomic E-state index is 0.00474. The lowest BCUT2D eigenvalue weighted by Gasteiger charge is -2.48. The zero-order valence-electron chi connectivity index (χ0n) is 20.5. The van der Waals surface area contributed by atoms with Gasteiger partial charge < -0.3 is 4.43 Å². The average molecular weight is 447 g/mol. The maximum atomic E-state index is 12.5. The first-order valence-corrected chi connectivity index (χ1v) is 13.9. The highest BCUT2D eigenvalue weighted by atomic mass is 28.4. The molecule has 32 heavy (non-hydrogen) atoms. The summed E-state index contributed by atoms with van der Waals surface area (Å²) in [5, 5.41) is 2.59. The molecule has 1 saturated carbocycles. The maximum Gasteiger partial charge on any atom is 0.261 e. The molecule has 0 amide bonds. The first kappa shape index (κ1) is 23.2. The lowest BCUT2D eigenvalue weighted by molar-refractivity contribution is -0.122. The second kappa shape index (κ2) is 8.42. The van der Waals surface area contributed by atoms with E-state index in [0.717, 1.165) is 12.8 Å². The predicted molar refractivity (Wildman–Crippen MR) is 136 cm³/mol. The molecular weight excluding hydrogens is 408 g/mol. The van der Waals surface area contributed by atoms with Crippen LogP contribution in [0.3, 0.4) is 0 Å². The minimum Gasteiger partial charge on any atom is -0.403 e. The van der Waals surface area contributed by atoms with E-state index in [4.69, 9.17) is 4.43 Å². The Hall–Kier alpha value is -1.97. The Morgan fingerprint density at radius 1 is 0.969 bits per heavy atom. The predicted octanol–water partition coefficient (Wildman–Crippen LogP) is 5.76. The van der Waals surface area contributed by atoms with Gasteiger partial charge in [-0.05, 0) is 46.5 Å². The number of fused-ring (bicyclic) bond motifs is 1. The molecular formula is C29H38O2Si. The summed E-state index contributed by atoms with van der Waals surface area (Å²) in [4.78, 5) is 12.5. The third-order valence-electron chi connectivity index (χ3n) is 7.88. The van der Waals surface area contributed by atoms with Crippen LogP contribution in [-0.4, -0.2) is 20.2 Å². The number of Topliss-reactive ketones (excluding diaryl/α,β-unsaturated/α-hetero) is 1. The number of allylic oxidation sites excluding steroid dienone is 1. The highest BCUT2D eigenvalue weighted by Gasteiger charge is 2.58. The van der Waals surface area contributed by atoms with Crippen LogP contribution in [0, 0.1) is 23.2 Å². The molecule has 2 aliphatic rings. The van der Waals surface area contributed by atoms with Gasteiger partial charge in [0, 0.05) is 11.8 Å². The summed E-state index contributed by atoms with van der Waals surface area (Å²) < 4.78 is 7.62. The van der Waals surface area contributed by atoms with E-state index in [2.05, 4.69) is 107 Å². The molecule has 0 aromatic heterocycles. The van der Waals surface area contributed by atoms with E-state index in [-0.39, 0.29) is 28.4 Å². The van der Waals surface area contributed by atoms with Crippen molar-refractivity contribution >= 4 is 24.5 Å². The van der Waals surface area contributed by atoms with E-state index < -0.39 is 8.32 Å². The standard InChI is InChI=1S/C29H38O2Si/c1-21(30)24-18-13-19-25-26(24)20-29(5,6)27(25)31-32(28(2,3)4,22-14-9-7-10-15-22)23-16-11-8-12-17-23/h7-17,19,24-27H,18,20H2,1-6H3/t24-,25-,26+,27+/m0/s1. The van der Waals surface area contributed by atoms with E-state index in [0.29, 0.717) is 11.7 Å². The van der Waals surface area contributed by atoms with Gasteiger partial charge in [-0.25, -0.2) is 0 Å². The van der Waals surface area contributed by atoms with Crippen LogP contribution in [0.25, 0.3) is 0 Å². The molecule has 0 spiro atoms. The van der Waals surface area contributed by atoms with Crippen LogP contribution in [0.5, 0.6) is 0 Å². The SMILES string of the molecule is CC(=O)[C@@H]1CC=C[C@H]2[C@@H]1CC(C)(C)[C@@H]2O[Si](c1ccccc1)(c1ccccc1)C(C)(C)C. The number of carbonyl (C=O) groups excluding carboxylic acids is 1. The molecule has 2 nitrogen and oxygen atoms in total. The largest absolute Gasteiger partial charge is 0.403 e. The van der Waals surface area contributed by atoms with Crippen molar-refractivity contribution < 1.29 is 9.22 Å². The number of carbonyl (C=O) groups is 1. The molecule has 0 bridgehead atoms. The third kappa shape index (κ3) is 3.84. The average Bonchev–Trinajstić information content (AvgIpc) is 3.01. The summed E-state index contributed by atoms with van der Waals surface area (Å²) in [6, 6.07) is 21.8. The summed E-state index contributed by atoms with van der Waals surface area (Å²) in [5.41, 5.74) is 0.00474. The first-order chi connectivity index (χ1) is 15.1. The molecule has 2 aromatic rings. The maximum absolute atomic E-state index is 12.5. The fraction of sp³-hybridized carbons (Fsp3) is 0.483. The molecule has 0 saturated heterocycles. The summed E-state index contributed by atoms with van der Waals surface area (Å²) >= 11 is 0. The monoisotopic (exact) mass is 446 g/mol. The Balaban J connectivity index is 1.87. The van der Waals surface area contributed by atoms with E-state index >= 15 is 0 Å². The van der Waals surface area contributed by atoms with Gasteiger partial charge in [0.05, 0.1) is 6.10 Å². The number of ketones is 1. The van der Waals surface area contributed by atoms with Gasteiger partial charge >= 0.3 is 0 Å². The second-order valence-corrected chi connectivity index (χ2v) is 15.8. The Bertz CT molecular complexity index is 932. The van der Waals surface area contributed by atoms with E-state index in [1.807, 2.05) is 0 Å². The fourth-order valence-electron chi connectivity index (χ4n) is 6.40. The Morgan fingerprint density at radius 3 is 1.97 bits per heavy atom. The van der Waals surface area contributed by atoms with Gasteiger partial charge in [0.15, 0.2) is 0 Å². The summed E-state index contributed by atoms with van der Waals surface area (Å²) in [6.45, 7) is 13.5. The van der Waals surface area contributed by atoms with Crippen LogP contribution in [0.2, 0.25) is 5.04 Å². The zero-order chi connectivity index (χ0) is 23.1. The molecule has 4 atom stereocenters. The van der Waals surface area contributed by atoms with Crippen molar-refractivity contribution in [2.75, 3.05) is 0 Å². The molecule has 2 aliphatic carbocycles. The Kier molecular flexibility index (Phi) is 6.11. The van der Waals surface area contributed by atoms with Crippen LogP contribution >= 0.6 is 0 Å². The van der Waals surface area contributed by atoms with Crippen molar-refractivity contribution in [2.45, 2.75) is 65.5 Å². The number of benzene rings is 2. The quantitative estimate of drug-likeness (QED) is 0.431. The van der Waals surface area contributed by atoms with Gasteiger partial charge in [0.1, 0.15) is 5.78 Å². The van der Waals surface area contributed by atoms with Gasteiger partial charge in [0.2, 0.25) is 0 Å². The van der Waals surface area contributed by atoms with Crippen LogP contribution in [0.1, 0.15) is 54.4 Å².